The molecule has 1 N–H and O–H groups in total. The molecule has 2 rings (SSSR count). The van der Waals surface area contributed by atoms with Gasteiger partial charge in [0, 0.05) is 11.3 Å². The highest BCUT2D eigenvalue weighted by atomic mass is 35.5. The average molecular weight is 297 g/mol. The summed E-state index contributed by atoms with van der Waals surface area (Å²) in [6.45, 7) is 2.22. The largest absolute Gasteiger partial charge is 0.380 e. The van der Waals surface area contributed by atoms with Gasteiger partial charge in [-0.1, -0.05) is 41.7 Å². The van der Waals surface area contributed by atoms with E-state index in [2.05, 4.69) is 12.2 Å². The quantitative estimate of drug-likeness (QED) is 0.775. The van der Waals surface area contributed by atoms with E-state index in [9.17, 15) is 0 Å². The highest BCUT2D eigenvalue weighted by Crippen LogP contribution is 2.35. The van der Waals surface area contributed by atoms with Crippen molar-refractivity contribution in [3.8, 4) is 0 Å². The topological polar surface area (TPSA) is 12.0 Å². The molecule has 1 nitrogen and oxygen atoms in total. The molecule has 0 aromatic heterocycles. The van der Waals surface area contributed by atoms with Crippen molar-refractivity contribution in [2.45, 2.75) is 24.6 Å². The van der Waals surface area contributed by atoms with Gasteiger partial charge in [-0.2, -0.15) is 11.8 Å². The van der Waals surface area contributed by atoms with Gasteiger partial charge in [0.1, 0.15) is 0 Å². The lowest BCUT2D eigenvalue weighted by atomic mass is 10.1. The Morgan fingerprint density at radius 1 is 1.19 bits per heavy atom. The maximum absolute atomic E-state index is 6.12. The highest BCUT2D eigenvalue weighted by molar-refractivity contribution is 8.00. The molecule has 16 heavy (non-hydrogen) atoms. The monoisotopic (exact) mass is 295 g/mol. The van der Waals surface area contributed by atoms with Crippen molar-refractivity contribution in [2.75, 3.05) is 11.1 Å². The molecule has 0 saturated carbocycles. The first-order valence-electron chi connectivity index (χ1n) is 5.10. The molecule has 1 saturated heterocycles. The van der Waals surface area contributed by atoms with Crippen LogP contribution >= 0.6 is 46.6 Å². The minimum absolute atomic E-state index is 0.458. The van der Waals surface area contributed by atoms with Gasteiger partial charge in [-0.3, -0.25) is 0 Å². The van der Waals surface area contributed by atoms with Gasteiger partial charge in [-0.05, 0) is 24.3 Å². The Hall–Kier alpha value is 0.240. The number of anilines is 1. The summed E-state index contributed by atoms with van der Waals surface area (Å²) in [5.74, 6) is 1.19. The summed E-state index contributed by atoms with van der Waals surface area (Å²) < 4.78 is 0. The van der Waals surface area contributed by atoms with Gasteiger partial charge in [-0.15, -0.1) is 0 Å². The molecule has 88 valence electrons. The SMILES string of the molecule is CC1SCCC1Nc1cc(Cl)c(Cl)cc1Cl. The van der Waals surface area contributed by atoms with Crippen LogP contribution in [0.1, 0.15) is 13.3 Å². The zero-order valence-electron chi connectivity index (χ0n) is 8.77. The number of rotatable bonds is 2. The first-order valence-corrected chi connectivity index (χ1v) is 7.29. The Labute approximate surface area is 115 Å². The van der Waals surface area contributed by atoms with Crippen LogP contribution in [0.3, 0.4) is 0 Å². The van der Waals surface area contributed by atoms with Gasteiger partial charge < -0.3 is 5.32 Å². The fourth-order valence-corrected chi connectivity index (χ4v) is 3.55. The third-order valence-electron chi connectivity index (χ3n) is 2.73. The summed E-state index contributed by atoms with van der Waals surface area (Å²) in [5.41, 5.74) is 0.871. The maximum Gasteiger partial charge on any atom is 0.0653 e. The second kappa shape index (κ2) is 5.26. The van der Waals surface area contributed by atoms with Crippen LogP contribution in [0.25, 0.3) is 0 Å². The average Bonchev–Trinajstić information content (AvgIpc) is 2.61. The molecule has 0 spiro atoms. The second-order valence-corrected chi connectivity index (χ2v) is 6.57. The first-order chi connectivity index (χ1) is 7.58. The molecule has 1 heterocycles. The van der Waals surface area contributed by atoms with Crippen molar-refractivity contribution in [1.29, 1.82) is 0 Å². The summed E-state index contributed by atoms with van der Waals surface area (Å²) in [4.78, 5) is 0. The predicted octanol–water partition coefficient (Wildman–Crippen LogP) is 4.95. The molecule has 5 heteroatoms. The number of thioether (sulfide) groups is 1. The summed E-state index contributed by atoms with van der Waals surface area (Å²) in [7, 11) is 0. The zero-order chi connectivity index (χ0) is 11.7. The third-order valence-corrected chi connectivity index (χ3v) is 5.09. The first kappa shape index (κ1) is 12.7. The molecular weight excluding hydrogens is 285 g/mol. The van der Waals surface area contributed by atoms with Crippen molar-refractivity contribution in [3.05, 3.63) is 27.2 Å². The van der Waals surface area contributed by atoms with Crippen LogP contribution in [0.4, 0.5) is 5.69 Å². The van der Waals surface area contributed by atoms with Crippen LogP contribution in [0.2, 0.25) is 15.1 Å². The Morgan fingerprint density at radius 3 is 2.50 bits per heavy atom. The van der Waals surface area contributed by atoms with Crippen molar-refractivity contribution in [1.82, 2.24) is 0 Å². The van der Waals surface area contributed by atoms with Crippen molar-refractivity contribution >= 4 is 52.3 Å². The maximum atomic E-state index is 6.12. The molecule has 1 aliphatic rings. The van der Waals surface area contributed by atoms with Crippen LogP contribution in [-0.4, -0.2) is 17.0 Å². The Morgan fingerprint density at radius 2 is 1.88 bits per heavy atom. The van der Waals surface area contributed by atoms with Gasteiger partial charge in [0.05, 0.1) is 20.8 Å². The number of benzene rings is 1. The van der Waals surface area contributed by atoms with Gasteiger partial charge in [0.2, 0.25) is 0 Å². The molecule has 0 aliphatic carbocycles. The Bertz CT molecular complexity index is 397. The van der Waals surface area contributed by atoms with Gasteiger partial charge >= 0.3 is 0 Å². The summed E-state index contributed by atoms with van der Waals surface area (Å²) in [6.07, 6.45) is 1.16. The molecule has 2 unspecified atom stereocenters. The lowest BCUT2D eigenvalue weighted by molar-refractivity contribution is 0.724. The standard InChI is InChI=1S/C11H12Cl3NS/c1-6-10(2-3-16-6)15-11-5-8(13)7(12)4-9(11)14/h4-6,10,15H,2-3H2,1H3. The lowest BCUT2D eigenvalue weighted by Gasteiger charge is -2.19. The van der Waals surface area contributed by atoms with E-state index in [4.69, 9.17) is 34.8 Å². The van der Waals surface area contributed by atoms with E-state index in [1.54, 1.807) is 12.1 Å². The Balaban J connectivity index is 2.18. The number of nitrogens with one attached hydrogen (secondary N) is 1. The molecule has 2 atom stereocenters. The van der Waals surface area contributed by atoms with E-state index >= 15 is 0 Å². The highest BCUT2D eigenvalue weighted by Gasteiger charge is 2.24. The fourth-order valence-electron chi connectivity index (χ4n) is 1.75. The molecule has 1 fully saturated rings. The van der Waals surface area contributed by atoms with Gasteiger partial charge in [0.15, 0.2) is 0 Å². The molecule has 0 bridgehead atoms. The van der Waals surface area contributed by atoms with E-state index in [-0.39, 0.29) is 0 Å². The summed E-state index contributed by atoms with van der Waals surface area (Å²) in [5, 5.41) is 5.68. The third kappa shape index (κ3) is 2.73. The van der Waals surface area contributed by atoms with Crippen molar-refractivity contribution in [2.24, 2.45) is 0 Å². The molecule has 1 aromatic carbocycles. The normalized spacial score (nSPS) is 24.8. The lowest BCUT2D eigenvalue weighted by Crippen LogP contribution is -2.24. The summed E-state index contributed by atoms with van der Waals surface area (Å²) >= 11 is 19.9. The molecule has 1 aromatic rings. The number of halogens is 3. The summed E-state index contributed by atoms with van der Waals surface area (Å²) in [6, 6.07) is 3.93. The van der Waals surface area contributed by atoms with Crippen LogP contribution in [0.5, 0.6) is 0 Å². The van der Waals surface area contributed by atoms with E-state index < -0.39 is 0 Å². The van der Waals surface area contributed by atoms with Crippen molar-refractivity contribution < 1.29 is 0 Å². The number of hydrogen-bond acceptors (Lipinski definition) is 2. The molecular formula is C11H12Cl3NS. The smallest absolute Gasteiger partial charge is 0.0653 e. The van der Waals surface area contributed by atoms with E-state index in [0.717, 1.165) is 12.1 Å². The molecule has 0 radical (unpaired) electrons. The van der Waals surface area contributed by atoms with Gasteiger partial charge in [-0.25, -0.2) is 0 Å². The van der Waals surface area contributed by atoms with E-state index in [1.807, 2.05) is 11.8 Å². The van der Waals surface area contributed by atoms with Crippen molar-refractivity contribution in [3.63, 3.8) is 0 Å². The predicted molar refractivity (Wildman–Crippen MR) is 75.4 cm³/mol. The Kier molecular flexibility index (Phi) is 4.17. The van der Waals surface area contributed by atoms with Crippen LogP contribution in [0, 0.1) is 0 Å². The minimum Gasteiger partial charge on any atom is -0.380 e. The molecule has 0 amide bonds. The molecule has 1 aliphatic heterocycles. The fraction of sp³-hybridized carbons (Fsp3) is 0.455. The second-order valence-electron chi connectivity index (χ2n) is 3.86. The van der Waals surface area contributed by atoms with Crippen LogP contribution < -0.4 is 5.32 Å². The van der Waals surface area contributed by atoms with Gasteiger partial charge in [0.25, 0.3) is 0 Å². The van der Waals surface area contributed by atoms with Crippen LogP contribution in [-0.2, 0) is 0 Å². The number of hydrogen-bond donors (Lipinski definition) is 1. The minimum atomic E-state index is 0.458. The van der Waals surface area contributed by atoms with Crippen LogP contribution in [0.15, 0.2) is 12.1 Å². The van der Waals surface area contributed by atoms with E-state index in [0.29, 0.717) is 26.4 Å². The van der Waals surface area contributed by atoms with E-state index in [1.165, 1.54) is 5.75 Å². The zero-order valence-corrected chi connectivity index (χ0v) is 11.9.